The van der Waals surface area contributed by atoms with Crippen molar-refractivity contribution < 1.29 is 4.39 Å². The van der Waals surface area contributed by atoms with Crippen molar-refractivity contribution in [3.05, 3.63) is 53.6 Å². The molecule has 146 valence electrons. The number of rotatable bonds is 0. The predicted molar refractivity (Wildman–Crippen MR) is 112 cm³/mol. The van der Waals surface area contributed by atoms with Crippen LogP contribution >= 0.6 is 0 Å². The monoisotopic (exact) mass is 369 g/mol. The number of hydrogen-bond donors (Lipinski definition) is 0. The summed E-state index contributed by atoms with van der Waals surface area (Å²) < 4.78 is 13.0. The summed E-state index contributed by atoms with van der Waals surface area (Å²) in [6, 6.07) is 7.22. The highest BCUT2D eigenvalue weighted by Crippen LogP contribution is 2.34. The van der Waals surface area contributed by atoms with Crippen LogP contribution in [0, 0.1) is 5.82 Å². The lowest BCUT2D eigenvalue weighted by atomic mass is 10.1. The van der Waals surface area contributed by atoms with E-state index in [1.54, 1.807) is 12.1 Å². The minimum absolute atomic E-state index is 0.125. The van der Waals surface area contributed by atoms with Crippen molar-refractivity contribution in [3.8, 4) is 0 Å². The lowest BCUT2D eigenvalue weighted by molar-refractivity contribution is 0.517. The average molecular weight is 370 g/mol. The Bertz CT molecular complexity index is 802. The molecule has 1 aromatic carbocycles. The highest BCUT2D eigenvalue weighted by Gasteiger charge is 2.29. The second-order valence-corrected chi connectivity index (χ2v) is 9.42. The minimum atomic E-state index is -0.125. The third-order valence-corrected chi connectivity index (χ3v) is 5.34. The quantitative estimate of drug-likeness (QED) is 0.634. The van der Waals surface area contributed by atoms with Crippen LogP contribution in [0.2, 0.25) is 0 Å². The van der Waals surface area contributed by atoms with Gasteiger partial charge in [0.25, 0.3) is 0 Å². The molecule has 0 saturated carbocycles. The summed E-state index contributed by atoms with van der Waals surface area (Å²) in [5.74, 6) is -0.125. The van der Waals surface area contributed by atoms with Crippen molar-refractivity contribution in [1.29, 1.82) is 0 Å². The van der Waals surface area contributed by atoms with Crippen molar-refractivity contribution in [3.63, 3.8) is 0 Å². The van der Waals surface area contributed by atoms with E-state index >= 15 is 0 Å². The molecule has 0 aliphatic carbocycles. The molecular formula is C23H32FN3. The molecule has 0 bridgehead atoms. The third-order valence-electron chi connectivity index (χ3n) is 5.34. The van der Waals surface area contributed by atoms with Crippen molar-refractivity contribution >= 4 is 11.4 Å². The van der Waals surface area contributed by atoms with E-state index in [9.17, 15) is 4.39 Å². The normalized spacial score (nSPS) is 16.0. The SMILES string of the molecule is CC(C)(C)N1CCc2cc(F)ccc21.CC(C)(C)N1CCc2ccncc21. The first kappa shape index (κ1) is 19.7. The molecule has 0 N–H and O–H groups in total. The number of anilines is 2. The van der Waals surface area contributed by atoms with E-state index in [-0.39, 0.29) is 16.9 Å². The Kier molecular flexibility index (Phi) is 5.20. The topological polar surface area (TPSA) is 19.4 Å². The Hall–Kier alpha value is -2.10. The van der Waals surface area contributed by atoms with E-state index in [1.165, 1.54) is 16.9 Å². The molecule has 0 fully saturated rings. The van der Waals surface area contributed by atoms with Crippen LogP contribution < -0.4 is 9.80 Å². The standard InChI is InChI=1S/C12H16FN.C11H16N2/c1-12(2,3)14-7-6-9-8-10(13)4-5-11(9)14;1-11(2,3)13-7-5-9-4-6-12-8-10(9)13/h4-5,8H,6-7H2,1-3H3;4,6,8H,5,7H2,1-3H3. The second-order valence-electron chi connectivity index (χ2n) is 9.42. The molecule has 1 aromatic heterocycles. The molecule has 2 aliphatic rings. The van der Waals surface area contributed by atoms with Gasteiger partial charge in [0.15, 0.2) is 0 Å². The summed E-state index contributed by atoms with van der Waals surface area (Å²) in [6.07, 6.45) is 5.98. The summed E-state index contributed by atoms with van der Waals surface area (Å²) >= 11 is 0. The van der Waals surface area contributed by atoms with E-state index in [4.69, 9.17) is 0 Å². The van der Waals surface area contributed by atoms with Gasteiger partial charge in [0.05, 0.1) is 11.9 Å². The summed E-state index contributed by atoms with van der Waals surface area (Å²) in [4.78, 5) is 8.94. The number of pyridine rings is 1. The second kappa shape index (κ2) is 7.14. The molecule has 4 heteroatoms. The molecule has 2 aliphatic heterocycles. The van der Waals surface area contributed by atoms with E-state index in [2.05, 4.69) is 62.4 Å². The maximum absolute atomic E-state index is 13.0. The van der Waals surface area contributed by atoms with Crippen LogP contribution in [0.5, 0.6) is 0 Å². The summed E-state index contributed by atoms with van der Waals surface area (Å²) in [7, 11) is 0. The summed E-state index contributed by atoms with van der Waals surface area (Å²) in [5, 5.41) is 0. The lowest BCUT2D eigenvalue weighted by Crippen LogP contribution is -2.40. The minimum Gasteiger partial charge on any atom is -0.366 e. The molecular weight excluding hydrogens is 337 g/mol. The van der Waals surface area contributed by atoms with E-state index < -0.39 is 0 Å². The zero-order valence-electron chi connectivity index (χ0n) is 17.5. The molecule has 0 unspecified atom stereocenters. The van der Waals surface area contributed by atoms with Crippen LogP contribution in [0.3, 0.4) is 0 Å². The van der Waals surface area contributed by atoms with Gasteiger partial charge in [-0.25, -0.2) is 4.39 Å². The van der Waals surface area contributed by atoms with Crippen LogP contribution in [0.15, 0.2) is 36.7 Å². The summed E-state index contributed by atoms with van der Waals surface area (Å²) in [6.45, 7) is 15.4. The van der Waals surface area contributed by atoms with Gasteiger partial charge in [0.1, 0.15) is 5.82 Å². The van der Waals surface area contributed by atoms with E-state index in [0.717, 1.165) is 31.5 Å². The highest BCUT2D eigenvalue weighted by molar-refractivity contribution is 5.59. The third kappa shape index (κ3) is 4.26. The van der Waals surface area contributed by atoms with Gasteiger partial charge in [0.2, 0.25) is 0 Å². The lowest BCUT2D eigenvalue weighted by Gasteiger charge is -2.34. The molecule has 2 aromatic rings. The Morgan fingerprint density at radius 2 is 1.41 bits per heavy atom. The molecule has 3 nitrogen and oxygen atoms in total. The van der Waals surface area contributed by atoms with Crippen LogP contribution in [-0.4, -0.2) is 29.2 Å². The van der Waals surface area contributed by atoms with E-state index in [1.807, 2.05) is 18.5 Å². The maximum Gasteiger partial charge on any atom is 0.123 e. The van der Waals surface area contributed by atoms with Crippen molar-refractivity contribution in [2.24, 2.45) is 0 Å². The number of aromatic nitrogens is 1. The van der Waals surface area contributed by atoms with Crippen LogP contribution in [0.25, 0.3) is 0 Å². The van der Waals surface area contributed by atoms with Crippen LogP contribution in [0.4, 0.5) is 15.8 Å². The molecule has 0 radical (unpaired) electrons. The number of halogens is 1. The Balaban J connectivity index is 0.000000156. The van der Waals surface area contributed by atoms with Crippen LogP contribution in [-0.2, 0) is 12.8 Å². The van der Waals surface area contributed by atoms with E-state index in [0.29, 0.717) is 0 Å². The first-order valence-electron chi connectivity index (χ1n) is 9.84. The van der Waals surface area contributed by atoms with Gasteiger partial charge in [0, 0.05) is 36.1 Å². The zero-order valence-corrected chi connectivity index (χ0v) is 17.5. The molecule has 0 saturated heterocycles. The van der Waals surface area contributed by atoms with Gasteiger partial charge in [-0.2, -0.15) is 0 Å². The van der Waals surface area contributed by atoms with Gasteiger partial charge in [-0.3, -0.25) is 4.98 Å². The number of hydrogen-bond acceptors (Lipinski definition) is 3. The first-order valence-corrected chi connectivity index (χ1v) is 9.84. The zero-order chi connectivity index (χ0) is 19.8. The fourth-order valence-corrected chi connectivity index (χ4v) is 3.99. The van der Waals surface area contributed by atoms with Crippen molar-refractivity contribution in [2.75, 3.05) is 22.9 Å². The fourth-order valence-electron chi connectivity index (χ4n) is 3.99. The molecule has 3 heterocycles. The van der Waals surface area contributed by atoms with Gasteiger partial charge in [-0.1, -0.05) is 0 Å². The number of fused-ring (bicyclic) bond motifs is 2. The molecule has 0 spiro atoms. The van der Waals surface area contributed by atoms with Gasteiger partial charge < -0.3 is 9.80 Å². The Morgan fingerprint density at radius 3 is 2.04 bits per heavy atom. The number of nitrogens with zero attached hydrogens (tertiary/aromatic N) is 3. The Labute approximate surface area is 163 Å². The summed E-state index contributed by atoms with van der Waals surface area (Å²) in [5.41, 5.74) is 5.43. The first-order chi connectivity index (χ1) is 12.6. The Morgan fingerprint density at radius 1 is 0.815 bits per heavy atom. The number of benzene rings is 1. The highest BCUT2D eigenvalue weighted by atomic mass is 19.1. The molecule has 4 rings (SSSR count). The van der Waals surface area contributed by atoms with Gasteiger partial charge in [-0.15, -0.1) is 0 Å². The van der Waals surface area contributed by atoms with Crippen molar-refractivity contribution in [1.82, 2.24) is 4.98 Å². The largest absolute Gasteiger partial charge is 0.366 e. The van der Waals surface area contributed by atoms with Gasteiger partial charge in [-0.05, 0) is 89.8 Å². The van der Waals surface area contributed by atoms with Crippen molar-refractivity contribution in [2.45, 2.75) is 65.5 Å². The molecule has 27 heavy (non-hydrogen) atoms. The molecule has 0 atom stereocenters. The average Bonchev–Trinajstić information content (AvgIpc) is 3.18. The fraction of sp³-hybridized carbons (Fsp3) is 0.522. The molecule has 0 amide bonds. The van der Waals surface area contributed by atoms with Crippen LogP contribution in [0.1, 0.15) is 52.7 Å². The predicted octanol–water partition coefficient (Wildman–Crippen LogP) is 5.23. The van der Waals surface area contributed by atoms with Gasteiger partial charge >= 0.3 is 0 Å². The smallest absolute Gasteiger partial charge is 0.123 e. The maximum atomic E-state index is 13.0.